The number of hydrogen-bond donors (Lipinski definition) is 2. The van der Waals surface area contributed by atoms with Crippen molar-refractivity contribution in [3.63, 3.8) is 0 Å². The van der Waals surface area contributed by atoms with E-state index in [0.717, 1.165) is 36.0 Å². The van der Waals surface area contributed by atoms with Crippen molar-refractivity contribution in [1.29, 1.82) is 0 Å². The molecule has 0 bridgehead atoms. The maximum atomic E-state index is 13.2. The second-order valence-corrected chi connectivity index (χ2v) is 10.6. The Labute approximate surface area is 219 Å². The molecule has 0 spiro atoms. The van der Waals surface area contributed by atoms with Gasteiger partial charge < -0.3 is 10.4 Å². The highest BCUT2D eigenvalue weighted by Gasteiger charge is 2.22. The van der Waals surface area contributed by atoms with E-state index < -0.39 is 12.0 Å². The van der Waals surface area contributed by atoms with Crippen molar-refractivity contribution in [2.75, 3.05) is 12.0 Å². The molecule has 0 aliphatic carbocycles. The van der Waals surface area contributed by atoms with Crippen molar-refractivity contribution in [1.82, 2.24) is 5.32 Å². The van der Waals surface area contributed by atoms with Gasteiger partial charge in [0.25, 0.3) is 5.91 Å². The summed E-state index contributed by atoms with van der Waals surface area (Å²) in [4.78, 5) is 24.9. The van der Waals surface area contributed by atoms with E-state index in [4.69, 9.17) is 0 Å². The minimum Gasteiger partial charge on any atom is -0.480 e. The number of nitrogens with one attached hydrogen (secondary N) is 1. The molecule has 0 radical (unpaired) electrons. The molecular weight excluding hydrogens is 466 g/mol. The number of carbonyl (C=O) groups is 2. The number of carboxylic acids is 1. The van der Waals surface area contributed by atoms with Gasteiger partial charge in [-0.2, -0.15) is 11.8 Å². The highest BCUT2D eigenvalue weighted by molar-refractivity contribution is 7.98. The van der Waals surface area contributed by atoms with Crippen molar-refractivity contribution in [2.24, 2.45) is 0 Å². The SMILES string of the molecule is CSCCC(NC(=O)c1ccc(CCCc2cccc(C(C)C)c2)cc1-c1ccccc1C)C(=O)O. The van der Waals surface area contributed by atoms with Crippen LogP contribution in [0.5, 0.6) is 0 Å². The molecule has 36 heavy (non-hydrogen) atoms. The second-order valence-electron chi connectivity index (χ2n) is 9.59. The fourth-order valence-corrected chi connectivity index (χ4v) is 4.85. The van der Waals surface area contributed by atoms with Crippen molar-refractivity contribution in [3.05, 3.63) is 94.5 Å². The summed E-state index contributed by atoms with van der Waals surface area (Å²) in [6.07, 6.45) is 5.22. The van der Waals surface area contributed by atoms with Crippen LogP contribution in [-0.2, 0) is 17.6 Å². The normalized spacial score (nSPS) is 11.9. The second kappa shape index (κ2) is 13.3. The number of aliphatic carboxylic acids is 1. The average molecular weight is 504 g/mol. The van der Waals surface area contributed by atoms with E-state index in [0.29, 0.717) is 23.7 Å². The molecule has 4 nitrogen and oxygen atoms in total. The molecule has 0 fully saturated rings. The average Bonchev–Trinajstić information content (AvgIpc) is 2.86. The third kappa shape index (κ3) is 7.47. The Bertz CT molecular complexity index is 1190. The molecule has 3 aromatic rings. The first kappa shape index (κ1) is 27.5. The molecule has 2 N–H and O–H groups in total. The van der Waals surface area contributed by atoms with Crippen LogP contribution in [0.15, 0.2) is 66.7 Å². The van der Waals surface area contributed by atoms with Crippen molar-refractivity contribution < 1.29 is 14.7 Å². The van der Waals surface area contributed by atoms with Gasteiger partial charge in [0.1, 0.15) is 6.04 Å². The molecule has 190 valence electrons. The van der Waals surface area contributed by atoms with Gasteiger partial charge in [0.2, 0.25) is 0 Å². The van der Waals surface area contributed by atoms with Gasteiger partial charge in [-0.3, -0.25) is 4.79 Å². The van der Waals surface area contributed by atoms with Gasteiger partial charge >= 0.3 is 5.97 Å². The molecule has 0 heterocycles. The molecule has 0 aliphatic heterocycles. The zero-order valence-electron chi connectivity index (χ0n) is 21.7. The lowest BCUT2D eigenvalue weighted by Crippen LogP contribution is -2.41. The van der Waals surface area contributed by atoms with Crippen LogP contribution in [0.1, 0.15) is 65.2 Å². The van der Waals surface area contributed by atoms with Crippen LogP contribution in [0, 0.1) is 6.92 Å². The zero-order chi connectivity index (χ0) is 26.1. The van der Waals surface area contributed by atoms with Gasteiger partial charge in [-0.15, -0.1) is 0 Å². The van der Waals surface area contributed by atoms with Crippen LogP contribution in [0.25, 0.3) is 11.1 Å². The number of carbonyl (C=O) groups excluding carboxylic acids is 1. The molecule has 1 atom stereocenters. The van der Waals surface area contributed by atoms with Crippen LogP contribution >= 0.6 is 11.8 Å². The number of benzene rings is 3. The molecule has 0 saturated carbocycles. The Hall–Kier alpha value is -3.05. The molecule has 0 saturated heterocycles. The number of amides is 1. The minimum absolute atomic E-state index is 0.348. The maximum absolute atomic E-state index is 13.2. The highest BCUT2D eigenvalue weighted by atomic mass is 32.2. The summed E-state index contributed by atoms with van der Waals surface area (Å²) >= 11 is 1.57. The first-order chi connectivity index (χ1) is 17.3. The summed E-state index contributed by atoms with van der Waals surface area (Å²) in [5.74, 6) is -0.172. The number of carboxylic acid groups (broad SMARTS) is 1. The smallest absolute Gasteiger partial charge is 0.326 e. The first-order valence-corrected chi connectivity index (χ1v) is 14.0. The zero-order valence-corrected chi connectivity index (χ0v) is 22.5. The molecule has 1 amide bonds. The largest absolute Gasteiger partial charge is 0.480 e. The number of thioether (sulfide) groups is 1. The van der Waals surface area contributed by atoms with Crippen LogP contribution < -0.4 is 5.32 Å². The van der Waals surface area contributed by atoms with Crippen LogP contribution in [0.3, 0.4) is 0 Å². The number of hydrogen-bond acceptors (Lipinski definition) is 3. The van der Waals surface area contributed by atoms with E-state index >= 15 is 0 Å². The Morgan fingerprint density at radius 2 is 1.64 bits per heavy atom. The Kier molecular flexibility index (Phi) is 10.2. The summed E-state index contributed by atoms with van der Waals surface area (Å²) in [5.41, 5.74) is 7.30. The number of aryl methyl sites for hydroxylation is 3. The molecule has 3 rings (SSSR count). The van der Waals surface area contributed by atoms with E-state index in [1.165, 1.54) is 16.7 Å². The van der Waals surface area contributed by atoms with Gasteiger partial charge in [-0.05, 0) is 90.0 Å². The first-order valence-electron chi connectivity index (χ1n) is 12.6. The topological polar surface area (TPSA) is 66.4 Å². The standard InChI is InChI=1S/C31H37NO3S/c1-21(2)25-13-8-12-23(19-25)10-7-11-24-15-16-27(28(20-24)26-14-6-5-9-22(26)3)30(33)32-29(31(34)35)17-18-36-4/h5-6,8-9,12-16,19-21,29H,7,10-11,17-18H2,1-4H3,(H,32,33)(H,34,35). The van der Waals surface area contributed by atoms with Crippen LogP contribution in [0.2, 0.25) is 0 Å². The maximum Gasteiger partial charge on any atom is 0.326 e. The van der Waals surface area contributed by atoms with E-state index in [1.807, 2.05) is 49.6 Å². The summed E-state index contributed by atoms with van der Waals surface area (Å²) in [5, 5.41) is 12.3. The Balaban J connectivity index is 1.83. The van der Waals surface area contributed by atoms with Gasteiger partial charge in [0, 0.05) is 5.56 Å². The van der Waals surface area contributed by atoms with Crippen molar-refractivity contribution in [3.8, 4) is 11.1 Å². The van der Waals surface area contributed by atoms with E-state index in [1.54, 1.807) is 11.8 Å². The van der Waals surface area contributed by atoms with Crippen LogP contribution in [0.4, 0.5) is 0 Å². The predicted octanol–water partition coefficient (Wildman–Crippen LogP) is 6.90. The summed E-state index contributed by atoms with van der Waals surface area (Å²) in [7, 11) is 0. The molecular formula is C31H37NO3S. The minimum atomic E-state index is -1.01. The Morgan fingerprint density at radius 1 is 0.917 bits per heavy atom. The highest BCUT2D eigenvalue weighted by Crippen LogP contribution is 2.29. The fourth-order valence-electron chi connectivity index (χ4n) is 4.38. The van der Waals surface area contributed by atoms with Gasteiger partial charge in [-0.1, -0.05) is 74.5 Å². The van der Waals surface area contributed by atoms with Crippen LogP contribution in [-0.4, -0.2) is 35.0 Å². The lowest BCUT2D eigenvalue weighted by atomic mass is 9.92. The lowest BCUT2D eigenvalue weighted by Gasteiger charge is -2.18. The molecule has 3 aromatic carbocycles. The summed E-state index contributed by atoms with van der Waals surface area (Å²) in [6.45, 7) is 6.46. The number of rotatable bonds is 12. The lowest BCUT2D eigenvalue weighted by molar-refractivity contribution is -0.139. The fraction of sp³-hybridized carbons (Fsp3) is 0.355. The van der Waals surface area contributed by atoms with Crippen molar-refractivity contribution in [2.45, 2.75) is 58.4 Å². The summed E-state index contributed by atoms with van der Waals surface area (Å²) < 4.78 is 0. The van der Waals surface area contributed by atoms with E-state index in [-0.39, 0.29) is 5.91 Å². The molecule has 1 unspecified atom stereocenters. The van der Waals surface area contributed by atoms with Crippen molar-refractivity contribution >= 4 is 23.6 Å². The van der Waals surface area contributed by atoms with Gasteiger partial charge in [-0.25, -0.2) is 4.79 Å². The van der Waals surface area contributed by atoms with Gasteiger partial charge in [0.05, 0.1) is 0 Å². The molecule has 0 aliphatic rings. The quantitative estimate of drug-likeness (QED) is 0.282. The van der Waals surface area contributed by atoms with E-state index in [2.05, 4.69) is 49.5 Å². The third-order valence-corrected chi connectivity index (χ3v) is 7.17. The summed E-state index contributed by atoms with van der Waals surface area (Å²) in [6, 6.07) is 21.8. The predicted molar refractivity (Wildman–Crippen MR) is 151 cm³/mol. The molecule has 5 heteroatoms. The third-order valence-electron chi connectivity index (χ3n) is 6.53. The van der Waals surface area contributed by atoms with E-state index in [9.17, 15) is 14.7 Å². The molecule has 0 aromatic heterocycles. The van der Waals surface area contributed by atoms with Gasteiger partial charge in [0.15, 0.2) is 0 Å². The Morgan fingerprint density at radius 3 is 2.31 bits per heavy atom. The monoisotopic (exact) mass is 503 g/mol.